The number of aromatic nitrogens is 1. The van der Waals surface area contributed by atoms with Crippen LogP contribution in [0.1, 0.15) is 5.56 Å². The molecule has 17 heavy (non-hydrogen) atoms. The van der Waals surface area contributed by atoms with Crippen molar-refractivity contribution >= 4 is 15.9 Å². The first kappa shape index (κ1) is 12.0. The minimum Gasteiger partial charge on any atom is -0.310 e. The lowest BCUT2D eigenvalue weighted by Crippen LogP contribution is -2.18. The lowest BCUT2D eigenvalue weighted by molar-refractivity contribution is 0.577. The summed E-state index contributed by atoms with van der Waals surface area (Å²) in [5.41, 5.74) is 0.181. The van der Waals surface area contributed by atoms with Crippen molar-refractivity contribution in [1.29, 1.82) is 0 Å². The van der Waals surface area contributed by atoms with Crippen molar-refractivity contribution in [3.63, 3.8) is 0 Å². The van der Waals surface area contributed by atoms with Crippen LogP contribution in [0.3, 0.4) is 0 Å². The molecule has 0 spiro atoms. The van der Waals surface area contributed by atoms with E-state index in [2.05, 4.69) is 15.9 Å². The molecule has 1 heterocycles. The third-order valence-corrected chi connectivity index (χ3v) is 2.69. The topological polar surface area (TPSA) is 22.0 Å². The minimum atomic E-state index is -0.650. The highest BCUT2D eigenvalue weighted by Gasteiger charge is 2.03. The first-order valence-corrected chi connectivity index (χ1v) is 5.65. The van der Waals surface area contributed by atoms with Crippen molar-refractivity contribution in [3.05, 3.63) is 68.6 Å². The van der Waals surface area contributed by atoms with Crippen LogP contribution in [0.5, 0.6) is 0 Å². The van der Waals surface area contributed by atoms with Gasteiger partial charge < -0.3 is 4.57 Å². The highest BCUT2D eigenvalue weighted by molar-refractivity contribution is 9.10. The molecule has 2 nitrogen and oxygen atoms in total. The molecule has 0 radical (unpaired) electrons. The van der Waals surface area contributed by atoms with E-state index in [1.165, 1.54) is 22.8 Å². The second kappa shape index (κ2) is 4.79. The average molecular weight is 300 g/mol. The fraction of sp³-hybridized carbons (Fsp3) is 0.0833. The molecule has 0 unspecified atom stereocenters. The number of pyridine rings is 1. The van der Waals surface area contributed by atoms with E-state index in [4.69, 9.17) is 0 Å². The summed E-state index contributed by atoms with van der Waals surface area (Å²) in [5.74, 6) is -1.30. The Kier molecular flexibility index (Phi) is 3.38. The van der Waals surface area contributed by atoms with E-state index in [9.17, 15) is 13.6 Å². The number of halogens is 3. The summed E-state index contributed by atoms with van der Waals surface area (Å²) in [6.45, 7) is 0.132. The molecule has 1 aromatic heterocycles. The molecule has 0 aliphatic rings. The van der Waals surface area contributed by atoms with Gasteiger partial charge in [0.2, 0.25) is 0 Å². The van der Waals surface area contributed by atoms with Gasteiger partial charge in [0.1, 0.15) is 11.6 Å². The van der Waals surface area contributed by atoms with Crippen LogP contribution in [0.25, 0.3) is 0 Å². The Labute approximate surface area is 105 Å². The zero-order valence-corrected chi connectivity index (χ0v) is 10.2. The molecular weight excluding hydrogens is 292 g/mol. The third kappa shape index (κ3) is 3.00. The van der Waals surface area contributed by atoms with E-state index < -0.39 is 11.6 Å². The number of hydrogen-bond acceptors (Lipinski definition) is 1. The van der Waals surface area contributed by atoms with Gasteiger partial charge in [0.25, 0.3) is 5.56 Å². The van der Waals surface area contributed by atoms with Gasteiger partial charge >= 0.3 is 0 Å². The van der Waals surface area contributed by atoms with Crippen LogP contribution in [0.4, 0.5) is 8.78 Å². The van der Waals surface area contributed by atoms with Crippen LogP contribution in [0, 0.1) is 11.6 Å². The van der Waals surface area contributed by atoms with Gasteiger partial charge in [0, 0.05) is 22.8 Å². The van der Waals surface area contributed by atoms with E-state index in [1.807, 2.05) is 0 Å². The van der Waals surface area contributed by atoms with Crippen LogP contribution in [-0.2, 0) is 6.54 Å². The first-order chi connectivity index (χ1) is 8.04. The lowest BCUT2D eigenvalue weighted by Gasteiger charge is -2.06. The predicted molar refractivity (Wildman–Crippen MR) is 63.9 cm³/mol. The summed E-state index contributed by atoms with van der Waals surface area (Å²) >= 11 is 3.23. The summed E-state index contributed by atoms with van der Waals surface area (Å²) in [5, 5.41) is 0. The van der Waals surface area contributed by atoms with Crippen molar-refractivity contribution in [2.24, 2.45) is 0 Å². The van der Waals surface area contributed by atoms with Crippen LogP contribution in [0.2, 0.25) is 0 Å². The summed E-state index contributed by atoms with van der Waals surface area (Å²) in [6.07, 6.45) is 1.57. The molecule has 0 aliphatic carbocycles. The molecule has 0 bridgehead atoms. The maximum atomic E-state index is 13.0. The number of rotatable bonds is 2. The van der Waals surface area contributed by atoms with Gasteiger partial charge in [-0.25, -0.2) is 8.78 Å². The molecule has 5 heteroatoms. The van der Waals surface area contributed by atoms with Gasteiger partial charge in [0.15, 0.2) is 0 Å². The molecule has 0 amide bonds. The van der Waals surface area contributed by atoms with E-state index in [0.717, 1.165) is 10.5 Å². The Balaban J connectivity index is 2.37. The second-order valence-electron chi connectivity index (χ2n) is 3.59. The SMILES string of the molecule is O=c1ccc(Br)cn1Cc1cc(F)cc(F)c1. The van der Waals surface area contributed by atoms with Gasteiger partial charge in [-0.2, -0.15) is 0 Å². The summed E-state index contributed by atoms with van der Waals surface area (Å²) < 4.78 is 28.1. The van der Waals surface area contributed by atoms with Crippen molar-refractivity contribution in [2.75, 3.05) is 0 Å². The van der Waals surface area contributed by atoms with Crippen LogP contribution in [-0.4, -0.2) is 4.57 Å². The molecule has 0 saturated heterocycles. The molecule has 0 fully saturated rings. The van der Waals surface area contributed by atoms with Gasteiger partial charge in [-0.1, -0.05) is 0 Å². The Bertz CT molecular complexity index is 589. The number of hydrogen-bond donors (Lipinski definition) is 0. The van der Waals surface area contributed by atoms with Crippen molar-refractivity contribution in [2.45, 2.75) is 6.54 Å². The molecule has 2 rings (SSSR count). The van der Waals surface area contributed by atoms with E-state index >= 15 is 0 Å². The van der Waals surface area contributed by atoms with Gasteiger partial charge in [-0.05, 0) is 39.7 Å². The van der Waals surface area contributed by atoms with Crippen molar-refractivity contribution in [3.8, 4) is 0 Å². The average Bonchev–Trinajstić information content (AvgIpc) is 2.22. The molecule has 2 aromatic rings. The van der Waals surface area contributed by atoms with Crippen LogP contribution < -0.4 is 5.56 Å². The molecule has 0 N–H and O–H groups in total. The first-order valence-electron chi connectivity index (χ1n) is 4.85. The van der Waals surface area contributed by atoms with Crippen molar-refractivity contribution < 1.29 is 8.78 Å². The van der Waals surface area contributed by atoms with Crippen molar-refractivity contribution in [1.82, 2.24) is 4.57 Å². The maximum absolute atomic E-state index is 13.0. The summed E-state index contributed by atoms with van der Waals surface area (Å²) in [7, 11) is 0. The molecule has 0 aliphatic heterocycles. The molecular formula is C12H8BrF2NO. The zero-order valence-electron chi connectivity index (χ0n) is 8.66. The standard InChI is InChI=1S/C12H8BrF2NO/c13-9-1-2-12(17)16(7-9)6-8-3-10(14)5-11(15)4-8/h1-5,7H,6H2. The monoisotopic (exact) mass is 299 g/mol. The van der Waals surface area contributed by atoms with Gasteiger partial charge in [-0.3, -0.25) is 4.79 Å². The van der Waals surface area contributed by atoms with Crippen LogP contribution >= 0.6 is 15.9 Å². The normalized spacial score (nSPS) is 10.5. The lowest BCUT2D eigenvalue weighted by atomic mass is 10.2. The number of nitrogens with zero attached hydrogens (tertiary/aromatic N) is 1. The summed E-state index contributed by atoms with van der Waals surface area (Å²) in [6, 6.07) is 6.21. The minimum absolute atomic E-state index is 0.132. The fourth-order valence-electron chi connectivity index (χ4n) is 1.52. The molecule has 0 atom stereocenters. The highest BCUT2D eigenvalue weighted by Crippen LogP contribution is 2.10. The van der Waals surface area contributed by atoms with E-state index in [0.29, 0.717) is 5.56 Å². The van der Waals surface area contributed by atoms with E-state index in [-0.39, 0.29) is 12.1 Å². The Morgan fingerprint density at radius 3 is 2.41 bits per heavy atom. The predicted octanol–water partition coefficient (Wildman–Crippen LogP) is 2.94. The maximum Gasteiger partial charge on any atom is 0.250 e. The zero-order chi connectivity index (χ0) is 12.4. The second-order valence-corrected chi connectivity index (χ2v) is 4.51. The molecule has 1 aromatic carbocycles. The third-order valence-electron chi connectivity index (χ3n) is 2.22. The highest BCUT2D eigenvalue weighted by atomic mass is 79.9. The van der Waals surface area contributed by atoms with E-state index in [1.54, 1.807) is 12.3 Å². The number of benzene rings is 1. The molecule has 0 saturated carbocycles. The van der Waals surface area contributed by atoms with Crippen LogP contribution in [0.15, 0.2) is 45.8 Å². The Morgan fingerprint density at radius 2 is 1.76 bits per heavy atom. The Morgan fingerprint density at radius 1 is 1.12 bits per heavy atom. The van der Waals surface area contributed by atoms with Gasteiger partial charge in [-0.15, -0.1) is 0 Å². The molecule has 88 valence electrons. The summed E-state index contributed by atoms with van der Waals surface area (Å²) in [4.78, 5) is 11.5. The fourth-order valence-corrected chi connectivity index (χ4v) is 1.90. The quantitative estimate of drug-likeness (QED) is 0.836. The van der Waals surface area contributed by atoms with Gasteiger partial charge in [0.05, 0.1) is 6.54 Å². The smallest absolute Gasteiger partial charge is 0.250 e. The largest absolute Gasteiger partial charge is 0.310 e. The Hall–Kier alpha value is -1.49.